The summed E-state index contributed by atoms with van der Waals surface area (Å²) in [6, 6.07) is -0.243. The summed E-state index contributed by atoms with van der Waals surface area (Å²) in [7, 11) is 1.73. The molecule has 8 heteroatoms. The van der Waals surface area contributed by atoms with E-state index in [-0.39, 0.29) is 30.7 Å². The Balaban J connectivity index is 3.70. The van der Waals surface area contributed by atoms with Gasteiger partial charge in [-0.2, -0.15) is 12.6 Å². The Labute approximate surface area is 130 Å². The van der Waals surface area contributed by atoms with Crippen LogP contribution in [0.15, 0.2) is 0 Å². The molecule has 1 atom stereocenters. The van der Waals surface area contributed by atoms with Crippen molar-refractivity contribution in [1.29, 1.82) is 0 Å². The zero-order valence-corrected chi connectivity index (χ0v) is 13.2. The van der Waals surface area contributed by atoms with Gasteiger partial charge in [-0.3, -0.25) is 14.4 Å². The number of nitrogens with one attached hydrogen (secondary N) is 3. The maximum atomic E-state index is 11.7. The molecule has 0 saturated carbocycles. The highest BCUT2D eigenvalue weighted by Gasteiger charge is 2.14. The molecule has 0 radical (unpaired) electrons. The second-order valence-electron chi connectivity index (χ2n) is 4.60. The Morgan fingerprint density at radius 1 is 1.10 bits per heavy atom. The summed E-state index contributed by atoms with van der Waals surface area (Å²) in [6.45, 7) is 1.03. The number of carbonyl (C=O) groups excluding carboxylic acids is 2. The molecule has 122 valence electrons. The van der Waals surface area contributed by atoms with E-state index in [0.717, 1.165) is 12.8 Å². The average molecular weight is 319 g/mol. The summed E-state index contributed by atoms with van der Waals surface area (Å²) in [5.41, 5.74) is 0. The number of carbonyl (C=O) groups is 3. The van der Waals surface area contributed by atoms with Crippen LogP contribution in [0.25, 0.3) is 0 Å². The molecule has 1 unspecified atom stereocenters. The summed E-state index contributed by atoms with van der Waals surface area (Å²) >= 11 is 4.03. The normalized spacial score (nSPS) is 11.7. The average Bonchev–Trinajstić information content (AvgIpc) is 2.46. The van der Waals surface area contributed by atoms with Crippen LogP contribution >= 0.6 is 12.6 Å². The lowest BCUT2D eigenvalue weighted by atomic mass is 10.1. The molecule has 0 fully saturated rings. The van der Waals surface area contributed by atoms with Crippen molar-refractivity contribution < 1.29 is 19.5 Å². The standard InChI is InChI=1S/C13H25N3O4S/c1-14-10(13(20)16-8-9-21)4-2-3-7-15-11(17)5-6-12(18)19/h10,14,21H,2-9H2,1H3,(H,15,17)(H,16,20)(H,18,19). The largest absolute Gasteiger partial charge is 0.481 e. The van der Waals surface area contributed by atoms with Crippen LogP contribution in [0.4, 0.5) is 0 Å². The number of thiol groups is 1. The zero-order chi connectivity index (χ0) is 16.1. The fourth-order valence-corrected chi connectivity index (χ4v) is 1.83. The Morgan fingerprint density at radius 3 is 2.38 bits per heavy atom. The molecule has 7 nitrogen and oxygen atoms in total. The summed E-state index contributed by atoms with van der Waals surface area (Å²) in [6.07, 6.45) is 2.06. The fraction of sp³-hybridized carbons (Fsp3) is 0.769. The topological polar surface area (TPSA) is 108 Å². The lowest BCUT2D eigenvalue weighted by Gasteiger charge is -2.15. The zero-order valence-electron chi connectivity index (χ0n) is 12.4. The molecule has 0 saturated heterocycles. The van der Waals surface area contributed by atoms with Crippen molar-refractivity contribution in [3.63, 3.8) is 0 Å². The lowest BCUT2D eigenvalue weighted by Crippen LogP contribution is -2.43. The quantitative estimate of drug-likeness (QED) is 0.252. The molecule has 2 amide bonds. The number of hydrogen-bond donors (Lipinski definition) is 5. The van der Waals surface area contributed by atoms with E-state index >= 15 is 0 Å². The first kappa shape index (κ1) is 19.7. The van der Waals surface area contributed by atoms with Gasteiger partial charge in [0.2, 0.25) is 11.8 Å². The van der Waals surface area contributed by atoms with E-state index in [0.29, 0.717) is 25.3 Å². The number of carboxylic acid groups (broad SMARTS) is 1. The van der Waals surface area contributed by atoms with Crippen LogP contribution in [0.1, 0.15) is 32.1 Å². The number of likely N-dealkylation sites (N-methyl/N-ethyl adjacent to an activating group) is 1. The second kappa shape index (κ2) is 12.5. The summed E-state index contributed by atoms with van der Waals surface area (Å²) in [4.78, 5) is 33.3. The molecule has 0 aromatic rings. The van der Waals surface area contributed by atoms with E-state index in [1.54, 1.807) is 7.05 Å². The third-order valence-electron chi connectivity index (χ3n) is 2.88. The first-order chi connectivity index (χ1) is 10.0. The SMILES string of the molecule is CNC(CCCCNC(=O)CCC(=O)O)C(=O)NCCS. The predicted octanol–water partition coefficient (Wildman–Crippen LogP) is -0.228. The molecule has 0 aliphatic carbocycles. The van der Waals surface area contributed by atoms with Gasteiger partial charge in [-0.1, -0.05) is 0 Å². The predicted molar refractivity (Wildman–Crippen MR) is 83.4 cm³/mol. The number of amides is 2. The third kappa shape index (κ3) is 11.1. The molecule has 0 bridgehead atoms. The molecule has 21 heavy (non-hydrogen) atoms. The van der Waals surface area contributed by atoms with Crippen LogP contribution < -0.4 is 16.0 Å². The van der Waals surface area contributed by atoms with Crippen molar-refractivity contribution in [2.24, 2.45) is 0 Å². The highest BCUT2D eigenvalue weighted by molar-refractivity contribution is 7.80. The number of hydrogen-bond acceptors (Lipinski definition) is 5. The van der Waals surface area contributed by atoms with E-state index < -0.39 is 5.97 Å². The van der Waals surface area contributed by atoms with Gasteiger partial charge >= 0.3 is 5.97 Å². The number of rotatable bonds is 12. The summed E-state index contributed by atoms with van der Waals surface area (Å²) < 4.78 is 0. The Hall–Kier alpha value is -1.28. The summed E-state index contributed by atoms with van der Waals surface area (Å²) in [5, 5.41) is 16.8. The van der Waals surface area contributed by atoms with Gasteiger partial charge in [-0.05, 0) is 26.3 Å². The van der Waals surface area contributed by atoms with E-state index in [4.69, 9.17) is 5.11 Å². The van der Waals surface area contributed by atoms with Crippen molar-refractivity contribution >= 4 is 30.4 Å². The third-order valence-corrected chi connectivity index (χ3v) is 3.11. The van der Waals surface area contributed by atoms with Crippen molar-refractivity contribution in [3.05, 3.63) is 0 Å². The van der Waals surface area contributed by atoms with E-state index in [1.807, 2.05) is 0 Å². The fourth-order valence-electron chi connectivity index (χ4n) is 1.72. The second-order valence-corrected chi connectivity index (χ2v) is 5.04. The van der Waals surface area contributed by atoms with Gasteiger partial charge in [0.25, 0.3) is 0 Å². The van der Waals surface area contributed by atoms with Crippen LogP contribution in [-0.4, -0.2) is 54.8 Å². The van der Waals surface area contributed by atoms with Crippen LogP contribution in [0.2, 0.25) is 0 Å². The molecular weight excluding hydrogens is 294 g/mol. The molecule has 0 aromatic heterocycles. The minimum absolute atomic E-state index is 0.000603. The van der Waals surface area contributed by atoms with E-state index in [2.05, 4.69) is 28.6 Å². The van der Waals surface area contributed by atoms with Crippen LogP contribution in [-0.2, 0) is 14.4 Å². The molecule has 4 N–H and O–H groups in total. The monoisotopic (exact) mass is 319 g/mol. The maximum absolute atomic E-state index is 11.7. The molecule has 0 rings (SSSR count). The van der Waals surface area contributed by atoms with Gasteiger partial charge in [-0.15, -0.1) is 0 Å². The Kier molecular flexibility index (Phi) is 11.7. The first-order valence-electron chi connectivity index (χ1n) is 7.05. The molecule has 0 aliphatic rings. The van der Waals surface area contributed by atoms with Gasteiger partial charge in [-0.25, -0.2) is 0 Å². The maximum Gasteiger partial charge on any atom is 0.303 e. The van der Waals surface area contributed by atoms with Gasteiger partial charge in [0.15, 0.2) is 0 Å². The van der Waals surface area contributed by atoms with Crippen LogP contribution in [0, 0.1) is 0 Å². The van der Waals surface area contributed by atoms with Gasteiger partial charge < -0.3 is 21.1 Å². The van der Waals surface area contributed by atoms with Crippen LogP contribution in [0.3, 0.4) is 0 Å². The van der Waals surface area contributed by atoms with E-state index in [1.165, 1.54) is 0 Å². The molecule has 0 aliphatic heterocycles. The van der Waals surface area contributed by atoms with Crippen LogP contribution in [0.5, 0.6) is 0 Å². The van der Waals surface area contributed by atoms with Crippen molar-refractivity contribution in [2.45, 2.75) is 38.1 Å². The Morgan fingerprint density at radius 2 is 1.81 bits per heavy atom. The first-order valence-corrected chi connectivity index (χ1v) is 7.68. The summed E-state index contributed by atoms with van der Waals surface area (Å²) in [5.74, 6) is -0.676. The van der Waals surface area contributed by atoms with Gasteiger partial charge in [0.1, 0.15) is 0 Å². The smallest absolute Gasteiger partial charge is 0.303 e. The molecule has 0 spiro atoms. The number of aliphatic carboxylic acids is 1. The number of unbranched alkanes of at least 4 members (excludes halogenated alkanes) is 1. The van der Waals surface area contributed by atoms with Gasteiger partial charge in [0, 0.05) is 25.3 Å². The lowest BCUT2D eigenvalue weighted by molar-refractivity contribution is -0.138. The van der Waals surface area contributed by atoms with E-state index in [9.17, 15) is 14.4 Å². The highest BCUT2D eigenvalue weighted by Crippen LogP contribution is 2.01. The van der Waals surface area contributed by atoms with Crippen molar-refractivity contribution in [3.8, 4) is 0 Å². The minimum atomic E-state index is -0.978. The van der Waals surface area contributed by atoms with Gasteiger partial charge in [0.05, 0.1) is 12.5 Å². The molecule has 0 aromatic carbocycles. The highest BCUT2D eigenvalue weighted by atomic mass is 32.1. The molecular formula is C13H25N3O4S. The molecule has 0 heterocycles. The Bertz CT molecular complexity index is 339. The number of carboxylic acids is 1. The minimum Gasteiger partial charge on any atom is -0.481 e. The van der Waals surface area contributed by atoms with Crippen molar-refractivity contribution in [1.82, 2.24) is 16.0 Å². The van der Waals surface area contributed by atoms with Crippen molar-refractivity contribution in [2.75, 3.05) is 25.9 Å².